The number of pyridine rings is 1. The van der Waals surface area contributed by atoms with E-state index in [0.717, 1.165) is 19.4 Å². The molecule has 2 bridgehead atoms. The van der Waals surface area contributed by atoms with Crippen LogP contribution in [0.15, 0.2) is 42.9 Å². The number of terminal acetylenes is 1. The largest absolute Gasteiger partial charge is 0.508 e. The number of hydrogen-bond donors (Lipinski definition) is 1. The van der Waals surface area contributed by atoms with Crippen molar-refractivity contribution in [3.05, 3.63) is 70.0 Å². The highest BCUT2D eigenvalue weighted by Crippen LogP contribution is 2.42. The first-order valence-corrected chi connectivity index (χ1v) is 18.5. The molecule has 4 fully saturated rings. The van der Waals surface area contributed by atoms with Crippen molar-refractivity contribution in [1.29, 1.82) is 0 Å². The molecule has 4 atom stereocenters. The van der Waals surface area contributed by atoms with Gasteiger partial charge in [0.1, 0.15) is 42.2 Å². The number of amides is 1. The van der Waals surface area contributed by atoms with Crippen LogP contribution >= 0.6 is 0 Å². The molecule has 1 N–H and O–H groups in total. The van der Waals surface area contributed by atoms with E-state index in [0.29, 0.717) is 66.4 Å². The van der Waals surface area contributed by atoms with Gasteiger partial charge in [-0.2, -0.15) is 9.97 Å². The predicted molar refractivity (Wildman–Crippen MR) is 199 cm³/mol. The molecule has 56 heavy (non-hydrogen) atoms. The summed E-state index contributed by atoms with van der Waals surface area (Å²) in [6, 6.07) is 7.54. The van der Waals surface area contributed by atoms with Gasteiger partial charge in [0.05, 0.1) is 23.0 Å². The number of benzene rings is 2. The van der Waals surface area contributed by atoms with Crippen molar-refractivity contribution in [1.82, 2.24) is 34.3 Å². The van der Waals surface area contributed by atoms with Crippen LogP contribution in [0.1, 0.15) is 43.4 Å². The lowest BCUT2D eigenvalue weighted by Crippen LogP contribution is -2.56. The van der Waals surface area contributed by atoms with Crippen molar-refractivity contribution in [3.63, 3.8) is 0 Å². The highest BCUT2D eigenvalue weighted by Gasteiger charge is 2.50. The highest BCUT2D eigenvalue weighted by molar-refractivity contribution is 6.02. The summed E-state index contributed by atoms with van der Waals surface area (Å²) in [5.74, 6) is 1.77. The molecule has 17 heteroatoms. The van der Waals surface area contributed by atoms with E-state index in [9.17, 15) is 24.4 Å². The summed E-state index contributed by atoms with van der Waals surface area (Å²) in [5.41, 5.74) is 0.309. The SMILES string of the molecule is C#Cc1cccc2cc(O)cc(-c3ncc4c(N5CC6CCC(C5)N6C(=O)OCc5c([N+](=O)[O-])ncn5C)nc(OC[C@@]56CCCN5C[C@H](F)C6)nc4c3F)c12. The van der Waals surface area contributed by atoms with E-state index in [-0.39, 0.29) is 65.3 Å². The molecule has 0 saturated carbocycles. The molecule has 4 aliphatic heterocycles. The maximum atomic E-state index is 17.1. The summed E-state index contributed by atoms with van der Waals surface area (Å²) >= 11 is 0. The molecule has 1 amide bonds. The number of nitrogens with zero attached hydrogens (tertiary/aromatic N) is 9. The van der Waals surface area contributed by atoms with Crippen molar-refractivity contribution >= 4 is 39.4 Å². The smallest absolute Gasteiger partial charge is 0.410 e. The number of carbonyl (C=O) groups is 1. The number of phenolic OH excluding ortho intramolecular Hbond substituents is 1. The number of hydrogen-bond acceptors (Lipinski definition) is 12. The van der Waals surface area contributed by atoms with Crippen LogP contribution in [0.5, 0.6) is 11.8 Å². The van der Waals surface area contributed by atoms with Gasteiger partial charge in [0.25, 0.3) is 0 Å². The third-order valence-electron chi connectivity index (χ3n) is 11.8. The molecule has 15 nitrogen and oxygen atoms in total. The molecule has 4 saturated heterocycles. The average Bonchev–Trinajstić information content (AvgIpc) is 3.91. The summed E-state index contributed by atoms with van der Waals surface area (Å²) in [6.07, 6.45) is 10.4. The van der Waals surface area contributed by atoms with E-state index in [1.807, 2.05) is 4.90 Å². The van der Waals surface area contributed by atoms with Crippen LogP contribution in [0, 0.1) is 28.3 Å². The fraction of sp³-hybridized carbons (Fsp3) is 0.410. The minimum absolute atomic E-state index is 0.0628. The van der Waals surface area contributed by atoms with Gasteiger partial charge in [-0.05, 0) is 65.7 Å². The molecule has 2 unspecified atom stereocenters. The van der Waals surface area contributed by atoms with Crippen LogP contribution in [0.2, 0.25) is 0 Å². The third-order valence-corrected chi connectivity index (χ3v) is 11.8. The number of aromatic nitrogens is 5. The van der Waals surface area contributed by atoms with E-state index in [2.05, 4.69) is 25.8 Å². The molecule has 5 aromatic rings. The Kier molecular flexibility index (Phi) is 8.60. The number of nitro groups is 1. The molecule has 7 heterocycles. The second kappa shape index (κ2) is 13.6. The topological polar surface area (TPSA) is 165 Å². The number of carbonyl (C=O) groups excluding carboxylic acids is 1. The number of aryl methyl sites for hydroxylation is 1. The predicted octanol–water partition coefficient (Wildman–Crippen LogP) is 5.26. The minimum atomic E-state index is -0.971. The minimum Gasteiger partial charge on any atom is -0.508 e. The molecule has 0 aliphatic carbocycles. The number of fused-ring (bicyclic) bond motifs is 5. The highest BCUT2D eigenvalue weighted by atomic mass is 19.1. The Morgan fingerprint density at radius 3 is 2.75 bits per heavy atom. The van der Waals surface area contributed by atoms with Crippen LogP contribution in [-0.2, 0) is 18.4 Å². The summed E-state index contributed by atoms with van der Waals surface area (Å²) in [4.78, 5) is 47.8. The van der Waals surface area contributed by atoms with Gasteiger partial charge in [-0.25, -0.2) is 13.6 Å². The Labute approximate surface area is 319 Å². The first-order valence-electron chi connectivity index (χ1n) is 18.5. The van der Waals surface area contributed by atoms with Crippen LogP contribution < -0.4 is 9.64 Å². The van der Waals surface area contributed by atoms with Crippen molar-refractivity contribution in [3.8, 4) is 35.4 Å². The Morgan fingerprint density at radius 1 is 1.18 bits per heavy atom. The normalized spacial score (nSPS) is 23.1. The molecule has 3 aromatic heterocycles. The second-order valence-corrected chi connectivity index (χ2v) is 15.1. The number of anilines is 1. The molecule has 0 spiro atoms. The quantitative estimate of drug-likeness (QED) is 0.124. The van der Waals surface area contributed by atoms with Crippen molar-refractivity contribution in [2.45, 2.75) is 62.5 Å². The average molecular weight is 766 g/mol. The first kappa shape index (κ1) is 35.5. The standard InChI is InChI=1S/C39H37F2N9O6/c1-3-22-6-4-7-23-12-27(51)13-28(31(22)23)33-32(41)34-29(15-42-33)35(45-37(44-34)56-20-39-10-5-11-48(39)16-24(40)14-39)47-17-25-8-9-26(18-47)49(25)38(52)55-19-30-36(50(53)54)43-21-46(30)2/h1,4,6-7,12-13,15,21,24-26,51H,5,8-11,14,16-20H2,2H3/t24-,25?,26?,39+/m1/s1. The molecule has 4 aliphatic rings. The lowest BCUT2D eigenvalue weighted by Gasteiger charge is -2.41. The fourth-order valence-corrected chi connectivity index (χ4v) is 9.22. The van der Waals surface area contributed by atoms with Gasteiger partial charge >= 0.3 is 17.9 Å². The van der Waals surface area contributed by atoms with Gasteiger partial charge < -0.3 is 34.2 Å². The van der Waals surface area contributed by atoms with Gasteiger partial charge in [-0.15, -0.1) is 6.42 Å². The lowest BCUT2D eigenvalue weighted by atomic mass is 9.95. The maximum Gasteiger partial charge on any atom is 0.410 e. The van der Waals surface area contributed by atoms with Crippen LogP contribution in [0.3, 0.4) is 0 Å². The number of imidazole rings is 1. The fourth-order valence-electron chi connectivity index (χ4n) is 9.22. The Morgan fingerprint density at radius 2 is 1.98 bits per heavy atom. The van der Waals surface area contributed by atoms with E-state index in [1.165, 1.54) is 23.2 Å². The second-order valence-electron chi connectivity index (χ2n) is 15.1. The molecule has 9 rings (SSSR count). The van der Waals surface area contributed by atoms with Gasteiger partial charge in [-0.3, -0.25) is 14.8 Å². The number of aromatic hydroxyl groups is 1. The van der Waals surface area contributed by atoms with Crippen molar-refractivity contribution < 1.29 is 33.1 Å². The van der Waals surface area contributed by atoms with Crippen LogP contribution in [-0.4, -0.2) is 107 Å². The monoisotopic (exact) mass is 765 g/mol. The number of alkyl halides is 1. The van der Waals surface area contributed by atoms with Gasteiger partial charge in [0.15, 0.2) is 11.5 Å². The Bertz CT molecular complexity index is 2460. The maximum absolute atomic E-state index is 17.1. The van der Waals surface area contributed by atoms with Gasteiger partial charge in [-0.1, -0.05) is 18.1 Å². The van der Waals surface area contributed by atoms with Crippen molar-refractivity contribution in [2.75, 3.05) is 37.7 Å². The van der Waals surface area contributed by atoms with Crippen LogP contribution in [0.4, 0.5) is 25.2 Å². The summed E-state index contributed by atoms with van der Waals surface area (Å²) in [7, 11) is 1.59. The number of phenols is 1. The zero-order valence-electron chi connectivity index (χ0n) is 30.4. The summed E-state index contributed by atoms with van der Waals surface area (Å²) in [5, 5.41) is 23.6. The number of piperazine rings is 1. The van der Waals surface area contributed by atoms with E-state index >= 15 is 4.39 Å². The Balaban J connectivity index is 1.07. The zero-order valence-corrected chi connectivity index (χ0v) is 30.4. The van der Waals surface area contributed by atoms with Crippen LogP contribution in [0.25, 0.3) is 32.9 Å². The molecule has 2 aromatic carbocycles. The molecule has 0 radical (unpaired) electrons. The van der Waals surface area contributed by atoms with Gasteiger partial charge in [0, 0.05) is 55.8 Å². The number of rotatable bonds is 8. The van der Waals surface area contributed by atoms with E-state index in [4.69, 9.17) is 20.9 Å². The third kappa shape index (κ3) is 5.86. The molecule has 288 valence electrons. The van der Waals surface area contributed by atoms with E-state index < -0.39 is 28.5 Å². The molecular formula is C39H37F2N9O6. The molecular weight excluding hydrogens is 728 g/mol. The number of halogens is 2. The van der Waals surface area contributed by atoms with Gasteiger partial charge in [0.2, 0.25) is 6.33 Å². The number of ether oxygens (including phenoxy) is 2. The zero-order chi connectivity index (χ0) is 38.9. The summed E-state index contributed by atoms with van der Waals surface area (Å²) < 4.78 is 45.1. The summed E-state index contributed by atoms with van der Waals surface area (Å²) in [6.45, 7) is 1.54. The van der Waals surface area contributed by atoms with Crippen molar-refractivity contribution in [2.24, 2.45) is 7.05 Å². The van der Waals surface area contributed by atoms with E-state index in [1.54, 1.807) is 36.2 Å². The first-order chi connectivity index (χ1) is 27.0. The Hall–Kier alpha value is -6.15. The lowest BCUT2D eigenvalue weighted by molar-refractivity contribution is -0.390.